The molecule has 0 saturated carbocycles. The summed E-state index contributed by atoms with van der Waals surface area (Å²) in [6.07, 6.45) is 4.95. The minimum Gasteiger partial charge on any atom is -0.198 e. The molecule has 0 radical (unpaired) electrons. The molecule has 2 heteroatoms. The van der Waals surface area contributed by atoms with E-state index in [-0.39, 0.29) is 0 Å². The van der Waals surface area contributed by atoms with Crippen LogP contribution in [0.2, 0.25) is 0 Å². The molecule has 0 aliphatic heterocycles. The van der Waals surface area contributed by atoms with E-state index in [1.807, 2.05) is 0 Å². The Kier molecular flexibility index (Phi) is 6.00. The molecule has 0 aliphatic carbocycles. The molecule has 0 aliphatic rings. The highest BCUT2D eigenvalue weighted by Crippen LogP contribution is 1.92. The van der Waals surface area contributed by atoms with Crippen molar-refractivity contribution < 1.29 is 0 Å². The Morgan fingerprint density at radius 1 is 1.62 bits per heavy atom. The number of nitriles is 1. The molecule has 0 saturated heterocycles. The summed E-state index contributed by atoms with van der Waals surface area (Å²) in [5.74, 6) is 0. The second-order valence-corrected chi connectivity index (χ2v) is 2.29. The minimum absolute atomic E-state index is 0.700. The molecule has 0 atom stereocenters. The average Bonchev–Trinajstić information content (AvgIpc) is 1.81. The van der Waals surface area contributed by atoms with E-state index in [0.717, 1.165) is 23.1 Å². The van der Waals surface area contributed by atoms with Crippen LogP contribution in [0.25, 0.3) is 0 Å². The van der Waals surface area contributed by atoms with Gasteiger partial charge in [0.15, 0.2) is 0 Å². The molecule has 0 amide bonds. The lowest BCUT2D eigenvalue weighted by molar-refractivity contribution is 0.877. The zero-order valence-electron chi connectivity index (χ0n) is 5.22. The first-order valence-corrected chi connectivity index (χ1v) is 4.05. The van der Waals surface area contributed by atoms with Crippen LogP contribution in [-0.2, 0) is 0 Å². The van der Waals surface area contributed by atoms with Gasteiger partial charge in [0.25, 0.3) is 0 Å². The van der Waals surface area contributed by atoms with E-state index in [2.05, 4.69) is 17.8 Å². The number of nitrogens with zero attached hydrogens (tertiary/aromatic N) is 1. The fourth-order valence-corrected chi connectivity index (χ4v) is 0.799. The highest BCUT2D eigenvalue weighted by Gasteiger charge is 1.77. The summed E-state index contributed by atoms with van der Waals surface area (Å²) in [6, 6.07) is 2.10. The Morgan fingerprint density at radius 2 is 2.38 bits per heavy atom. The van der Waals surface area contributed by atoms with Crippen molar-refractivity contribution in [3.05, 3.63) is 11.8 Å². The van der Waals surface area contributed by atoms with Crippen LogP contribution in [0.1, 0.15) is 19.3 Å². The minimum atomic E-state index is 0.700. The van der Waals surface area contributed by atoms with Crippen molar-refractivity contribution in [3.63, 3.8) is 0 Å². The number of hydrogen-bond donors (Lipinski definition) is 0. The Morgan fingerprint density at radius 3 is 2.88 bits per heavy atom. The lowest BCUT2D eigenvalue weighted by Gasteiger charge is -1.82. The fraction of sp³-hybridized carbons (Fsp3) is 0.500. The predicted octanol–water partition coefficient (Wildman–Crippen LogP) is 0.559. The summed E-state index contributed by atoms with van der Waals surface area (Å²) in [5, 5.41) is 8.10. The van der Waals surface area contributed by atoms with E-state index in [9.17, 15) is 0 Å². The van der Waals surface area contributed by atoms with E-state index >= 15 is 0 Å². The van der Waals surface area contributed by atoms with E-state index in [1.165, 1.54) is 0 Å². The molecule has 44 valence electrons. The lowest BCUT2D eigenvalue weighted by atomic mass is 10.2. The summed E-state index contributed by atoms with van der Waals surface area (Å²) in [5.41, 5.74) is 2.15. The largest absolute Gasteiger partial charge is 0.198 e. The maximum atomic E-state index is 8.10. The van der Waals surface area contributed by atoms with Gasteiger partial charge in [0.05, 0.1) is 6.07 Å². The maximum Gasteiger partial charge on any atom is 0.0621 e. The number of rotatable bonds is 3. The summed E-state index contributed by atoms with van der Waals surface area (Å²) < 4.78 is 0. The molecule has 0 fully saturated rings. The normalized spacial score (nSPS) is 9.88. The van der Waals surface area contributed by atoms with Crippen LogP contribution in [0.3, 0.4) is 0 Å². The van der Waals surface area contributed by atoms with Crippen LogP contribution in [0.15, 0.2) is 11.8 Å². The predicted molar refractivity (Wildman–Crippen MR) is 38.5 cm³/mol. The zero-order chi connectivity index (χ0) is 6.24. The fourth-order valence-electron chi connectivity index (χ4n) is 0.466. The van der Waals surface area contributed by atoms with Crippen LogP contribution in [0.5, 0.6) is 0 Å². The van der Waals surface area contributed by atoms with Gasteiger partial charge in [0, 0.05) is 16.7 Å². The van der Waals surface area contributed by atoms with Gasteiger partial charge in [-0.25, -0.2) is 0 Å². The Labute approximate surface area is 53.4 Å². The molecule has 0 spiro atoms. The SMILES string of the molecule is N#CCCCC=C[SiH3]. The van der Waals surface area contributed by atoms with Crippen LogP contribution < -0.4 is 0 Å². The smallest absolute Gasteiger partial charge is 0.0621 e. The molecule has 0 heterocycles. The first-order valence-electron chi connectivity index (χ1n) is 2.90. The molecule has 0 bridgehead atoms. The van der Waals surface area contributed by atoms with Gasteiger partial charge in [-0.1, -0.05) is 6.08 Å². The van der Waals surface area contributed by atoms with Crippen molar-refractivity contribution in [2.75, 3.05) is 0 Å². The number of hydrogen-bond acceptors (Lipinski definition) is 1. The van der Waals surface area contributed by atoms with Gasteiger partial charge in [-0.3, -0.25) is 0 Å². The third-order valence-corrected chi connectivity index (χ3v) is 1.37. The Balaban J connectivity index is 2.85. The zero-order valence-corrected chi connectivity index (χ0v) is 7.22. The van der Waals surface area contributed by atoms with Crippen LogP contribution in [0.4, 0.5) is 0 Å². The van der Waals surface area contributed by atoms with Gasteiger partial charge in [-0.2, -0.15) is 5.26 Å². The van der Waals surface area contributed by atoms with E-state index in [1.54, 1.807) is 0 Å². The number of unbranched alkanes of at least 4 members (excludes halogenated alkanes) is 2. The molecule has 0 aromatic rings. The van der Waals surface area contributed by atoms with Gasteiger partial charge >= 0.3 is 0 Å². The Hall–Kier alpha value is -0.553. The van der Waals surface area contributed by atoms with Crippen LogP contribution in [0, 0.1) is 11.3 Å². The van der Waals surface area contributed by atoms with Gasteiger partial charge in [-0.15, -0.1) is 5.70 Å². The molecule has 0 rings (SSSR count). The van der Waals surface area contributed by atoms with Crippen molar-refractivity contribution in [3.8, 4) is 6.07 Å². The van der Waals surface area contributed by atoms with Crippen molar-refractivity contribution in [1.82, 2.24) is 0 Å². The van der Waals surface area contributed by atoms with Crippen molar-refractivity contribution >= 4 is 10.2 Å². The standard InChI is InChI=1S/C6H11NSi/c7-5-3-1-2-4-6-8/h4,6H,1-3H2,8H3. The van der Waals surface area contributed by atoms with E-state index < -0.39 is 0 Å². The van der Waals surface area contributed by atoms with Crippen LogP contribution in [-0.4, -0.2) is 10.2 Å². The third-order valence-electron chi connectivity index (χ3n) is 0.895. The summed E-state index contributed by atoms with van der Waals surface area (Å²) in [7, 11) is 1.14. The number of allylic oxidation sites excluding steroid dienone is 1. The summed E-state index contributed by atoms with van der Waals surface area (Å²) in [6.45, 7) is 0. The summed E-state index contributed by atoms with van der Waals surface area (Å²) >= 11 is 0. The second kappa shape index (κ2) is 6.45. The highest BCUT2D eigenvalue weighted by molar-refractivity contribution is 6.16. The van der Waals surface area contributed by atoms with Crippen LogP contribution >= 0.6 is 0 Å². The molecule has 0 unspecified atom stereocenters. The van der Waals surface area contributed by atoms with Gasteiger partial charge in [-0.05, 0) is 12.8 Å². The molecule has 0 aromatic heterocycles. The van der Waals surface area contributed by atoms with Crippen molar-refractivity contribution in [2.45, 2.75) is 19.3 Å². The van der Waals surface area contributed by atoms with E-state index in [0.29, 0.717) is 6.42 Å². The molecule has 8 heavy (non-hydrogen) atoms. The molecular weight excluding hydrogens is 114 g/mol. The lowest BCUT2D eigenvalue weighted by Crippen LogP contribution is -1.67. The van der Waals surface area contributed by atoms with Crippen molar-refractivity contribution in [1.29, 1.82) is 5.26 Å². The van der Waals surface area contributed by atoms with Gasteiger partial charge in [0.2, 0.25) is 0 Å². The first kappa shape index (κ1) is 7.45. The molecule has 0 aromatic carbocycles. The highest BCUT2D eigenvalue weighted by atomic mass is 28.1. The molecule has 0 N–H and O–H groups in total. The van der Waals surface area contributed by atoms with Gasteiger partial charge in [0.1, 0.15) is 0 Å². The quantitative estimate of drug-likeness (QED) is 0.399. The third kappa shape index (κ3) is 5.45. The molecular formula is C6H11NSi. The Bertz CT molecular complexity index is 102. The summed E-state index contributed by atoms with van der Waals surface area (Å²) in [4.78, 5) is 0. The maximum absolute atomic E-state index is 8.10. The first-order chi connectivity index (χ1) is 3.91. The van der Waals surface area contributed by atoms with Gasteiger partial charge < -0.3 is 0 Å². The monoisotopic (exact) mass is 125 g/mol. The van der Waals surface area contributed by atoms with E-state index in [4.69, 9.17) is 5.26 Å². The second-order valence-electron chi connectivity index (χ2n) is 1.62. The van der Waals surface area contributed by atoms with Crippen molar-refractivity contribution in [2.24, 2.45) is 0 Å². The average molecular weight is 125 g/mol. The topological polar surface area (TPSA) is 23.8 Å². The molecule has 1 nitrogen and oxygen atoms in total.